The molecule has 0 fully saturated rings. The lowest BCUT2D eigenvalue weighted by atomic mass is 10.0. The second kappa shape index (κ2) is 5.99. The van der Waals surface area contributed by atoms with Crippen LogP contribution < -0.4 is 14.8 Å². The SMILES string of the molecule is CCOc1c(OC)cccc1C1C=C(C(=O)O)Nc2ncnn21. The third kappa shape index (κ3) is 2.59. The molecular weight excluding hydrogens is 300 g/mol. The molecule has 2 N–H and O–H groups in total. The van der Waals surface area contributed by atoms with Gasteiger partial charge in [-0.1, -0.05) is 12.1 Å². The first kappa shape index (κ1) is 14.9. The molecule has 1 atom stereocenters. The van der Waals surface area contributed by atoms with Crippen LogP contribution in [-0.4, -0.2) is 39.6 Å². The van der Waals surface area contributed by atoms with E-state index in [1.54, 1.807) is 23.9 Å². The Morgan fingerprint density at radius 1 is 1.48 bits per heavy atom. The molecule has 120 valence electrons. The Labute approximate surface area is 132 Å². The number of rotatable bonds is 5. The highest BCUT2D eigenvalue weighted by Crippen LogP contribution is 2.39. The number of para-hydroxylation sites is 1. The summed E-state index contributed by atoms with van der Waals surface area (Å²) in [6, 6.07) is 5.00. The Morgan fingerprint density at radius 2 is 2.30 bits per heavy atom. The summed E-state index contributed by atoms with van der Waals surface area (Å²) >= 11 is 0. The number of carboxylic acids is 1. The number of fused-ring (bicyclic) bond motifs is 1. The average Bonchev–Trinajstić information content (AvgIpc) is 3.03. The van der Waals surface area contributed by atoms with Gasteiger partial charge in [0, 0.05) is 5.56 Å². The maximum absolute atomic E-state index is 11.4. The molecule has 1 aromatic heterocycles. The van der Waals surface area contributed by atoms with Gasteiger partial charge in [-0.3, -0.25) is 0 Å². The van der Waals surface area contributed by atoms with E-state index in [4.69, 9.17) is 9.47 Å². The summed E-state index contributed by atoms with van der Waals surface area (Å²) in [7, 11) is 1.56. The lowest BCUT2D eigenvalue weighted by molar-refractivity contribution is -0.132. The molecule has 1 aromatic carbocycles. The molecular formula is C15H16N4O4. The monoisotopic (exact) mass is 316 g/mol. The van der Waals surface area contributed by atoms with Crippen molar-refractivity contribution >= 4 is 11.9 Å². The zero-order valence-electron chi connectivity index (χ0n) is 12.7. The number of hydrogen-bond donors (Lipinski definition) is 2. The summed E-state index contributed by atoms with van der Waals surface area (Å²) in [5.41, 5.74) is 0.791. The van der Waals surface area contributed by atoms with Crippen LogP contribution in [0.15, 0.2) is 36.3 Å². The number of benzene rings is 1. The van der Waals surface area contributed by atoms with Crippen LogP contribution in [0.3, 0.4) is 0 Å². The number of hydrogen-bond acceptors (Lipinski definition) is 6. The fraction of sp³-hybridized carbons (Fsp3) is 0.267. The molecule has 1 aliphatic rings. The van der Waals surface area contributed by atoms with Gasteiger partial charge >= 0.3 is 5.97 Å². The van der Waals surface area contributed by atoms with E-state index in [0.717, 1.165) is 5.56 Å². The van der Waals surface area contributed by atoms with E-state index in [9.17, 15) is 9.90 Å². The fourth-order valence-corrected chi connectivity index (χ4v) is 2.51. The van der Waals surface area contributed by atoms with E-state index < -0.39 is 12.0 Å². The quantitative estimate of drug-likeness (QED) is 0.865. The molecule has 23 heavy (non-hydrogen) atoms. The first-order chi connectivity index (χ1) is 11.2. The highest BCUT2D eigenvalue weighted by molar-refractivity contribution is 5.90. The van der Waals surface area contributed by atoms with Crippen LogP contribution in [0.4, 0.5) is 5.95 Å². The van der Waals surface area contributed by atoms with Gasteiger partial charge in [-0.2, -0.15) is 10.1 Å². The number of allylic oxidation sites excluding steroid dienone is 1. The van der Waals surface area contributed by atoms with Crippen molar-refractivity contribution in [1.82, 2.24) is 14.8 Å². The Hall–Kier alpha value is -3.03. The summed E-state index contributed by atoms with van der Waals surface area (Å²) in [6.45, 7) is 2.33. The normalized spacial score (nSPS) is 16.1. The molecule has 2 heterocycles. The van der Waals surface area contributed by atoms with Crippen molar-refractivity contribution in [1.29, 1.82) is 0 Å². The van der Waals surface area contributed by atoms with Gasteiger partial charge in [-0.05, 0) is 19.1 Å². The minimum Gasteiger partial charge on any atom is -0.493 e. The molecule has 0 bridgehead atoms. The van der Waals surface area contributed by atoms with Crippen molar-refractivity contribution in [2.75, 3.05) is 19.0 Å². The van der Waals surface area contributed by atoms with Gasteiger partial charge in [0.05, 0.1) is 13.7 Å². The minimum atomic E-state index is -1.06. The summed E-state index contributed by atoms with van der Waals surface area (Å²) in [4.78, 5) is 15.4. The highest BCUT2D eigenvalue weighted by atomic mass is 16.5. The zero-order chi connectivity index (χ0) is 16.4. The predicted molar refractivity (Wildman–Crippen MR) is 81.7 cm³/mol. The van der Waals surface area contributed by atoms with Crippen molar-refractivity contribution in [2.24, 2.45) is 0 Å². The molecule has 0 amide bonds. The average molecular weight is 316 g/mol. The van der Waals surface area contributed by atoms with Crippen LogP contribution in [0, 0.1) is 0 Å². The van der Waals surface area contributed by atoms with Crippen molar-refractivity contribution in [3.05, 3.63) is 41.9 Å². The Kier molecular flexibility index (Phi) is 3.88. The van der Waals surface area contributed by atoms with Gasteiger partial charge in [0.1, 0.15) is 18.1 Å². The van der Waals surface area contributed by atoms with Gasteiger partial charge in [0.2, 0.25) is 5.95 Å². The molecule has 0 aliphatic carbocycles. The topological polar surface area (TPSA) is 98.5 Å². The van der Waals surface area contributed by atoms with E-state index in [2.05, 4.69) is 15.4 Å². The predicted octanol–water partition coefficient (Wildman–Crippen LogP) is 1.67. The van der Waals surface area contributed by atoms with Crippen LogP contribution >= 0.6 is 0 Å². The number of anilines is 1. The number of ether oxygens (including phenoxy) is 2. The second-order valence-corrected chi connectivity index (χ2v) is 4.80. The van der Waals surface area contributed by atoms with Gasteiger partial charge in [0.25, 0.3) is 0 Å². The standard InChI is InChI=1S/C15H16N4O4/c1-3-23-13-9(5-4-6-12(13)22-2)11-7-10(14(20)21)18-15-16-8-17-19(11)15/h4-8,11H,3H2,1-2H3,(H,20,21)(H,16,17,18). The Balaban J connectivity index is 2.16. The first-order valence-electron chi connectivity index (χ1n) is 7.07. The van der Waals surface area contributed by atoms with Crippen LogP contribution in [0.1, 0.15) is 18.5 Å². The van der Waals surface area contributed by atoms with Crippen molar-refractivity contribution < 1.29 is 19.4 Å². The van der Waals surface area contributed by atoms with Gasteiger partial charge in [-0.15, -0.1) is 0 Å². The maximum Gasteiger partial charge on any atom is 0.352 e. The largest absolute Gasteiger partial charge is 0.493 e. The van der Waals surface area contributed by atoms with Crippen molar-refractivity contribution in [3.8, 4) is 11.5 Å². The number of carbonyl (C=O) groups is 1. The summed E-state index contributed by atoms with van der Waals surface area (Å²) in [6.07, 6.45) is 2.94. The van der Waals surface area contributed by atoms with Crippen LogP contribution in [0.25, 0.3) is 0 Å². The van der Waals surface area contributed by atoms with Crippen LogP contribution in [0.2, 0.25) is 0 Å². The van der Waals surface area contributed by atoms with E-state index in [0.29, 0.717) is 24.1 Å². The molecule has 1 aliphatic heterocycles. The lowest BCUT2D eigenvalue weighted by Gasteiger charge is -2.24. The number of aromatic nitrogens is 3. The van der Waals surface area contributed by atoms with Crippen molar-refractivity contribution in [3.63, 3.8) is 0 Å². The third-order valence-electron chi connectivity index (χ3n) is 3.47. The molecule has 2 aromatic rings. The van der Waals surface area contributed by atoms with Crippen LogP contribution in [0.5, 0.6) is 11.5 Å². The molecule has 0 spiro atoms. The maximum atomic E-state index is 11.4. The summed E-state index contributed by atoms with van der Waals surface area (Å²) in [5, 5.41) is 16.2. The number of nitrogens with zero attached hydrogens (tertiary/aromatic N) is 3. The smallest absolute Gasteiger partial charge is 0.352 e. The molecule has 0 radical (unpaired) electrons. The van der Waals surface area contributed by atoms with E-state index in [1.165, 1.54) is 6.33 Å². The fourth-order valence-electron chi connectivity index (χ4n) is 2.51. The Bertz CT molecular complexity index is 769. The molecule has 0 saturated heterocycles. The van der Waals surface area contributed by atoms with E-state index >= 15 is 0 Å². The first-order valence-corrected chi connectivity index (χ1v) is 7.07. The second-order valence-electron chi connectivity index (χ2n) is 4.80. The molecule has 0 saturated carbocycles. The van der Waals surface area contributed by atoms with Crippen molar-refractivity contribution in [2.45, 2.75) is 13.0 Å². The highest BCUT2D eigenvalue weighted by Gasteiger charge is 2.28. The van der Waals surface area contributed by atoms with E-state index in [1.807, 2.05) is 19.1 Å². The summed E-state index contributed by atoms with van der Waals surface area (Å²) < 4.78 is 12.7. The van der Waals surface area contributed by atoms with Gasteiger partial charge < -0.3 is 19.9 Å². The number of aliphatic carboxylic acids is 1. The van der Waals surface area contributed by atoms with Gasteiger partial charge in [-0.25, -0.2) is 9.48 Å². The minimum absolute atomic E-state index is 0.0424. The van der Waals surface area contributed by atoms with Crippen LogP contribution in [-0.2, 0) is 4.79 Å². The summed E-state index contributed by atoms with van der Waals surface area (Å²) in [5.74, 6) is 0.437. The van der Waals surface area contributed by atoms with Gasteiger partial charge in [0.15, 0.2) is 11.5 Å². The number of nitrogens with one attached hydrogen (secondary N) is 1. The molecule has 1 unspecified atom stereocenters. The number of carboxylic acid groups (broad SMARTS) is 1. The Morgan fingerprint density at radius 3 is 3.00 bits per heavy atom. The molecule has 8 heteroatoms. The third-order valence-corrected chi connectivity index (χ3v) is 3.47. The van der Waals surface area contributed by atoms with E-state index in [-0.39, 0.29) is 5.70 Å². The molecule has 8 nitrogen and oxygen atoms in total. The molecule has 3 rings (SSSR count). The lowest BCUT2D eigenvalue weighted by Crippen LogP contribution is -2.24. The zero-order valence-corrected chi connectivity index (χ0v) is 12.7. The number of methoxy groups -OCH3 is 1.